The van der Waals surface area contributed by atoms with Gasteiger partial charge in [-0.2, -0.15) is 5.10 Å². The molecule has 0 saturated heterocycles. The Labute approximate surface area is 108 Å². The van der Waals surface area contributed by atoms with Gasteiger partial charge >= 0.3 is 0 Å². The second kappa shape index (κ2) is 7.07. The molecule has 0 unspecified atom stereocenters. The SMILES string of the molecule is CCCCC[n+]1ccc(-c2ccccn2)[nH]1.[Cl-]. The van der Waals surface area contributed by atoms with Crippen LogP contribution in [0.2, 0.25) is 0 Å². The number of aromatic amines is 1. The molecule has 0 aliphatic heterocycles. The van der Waals surface area contributed by atoms with Crippen molar-refractivity contribution >= 4 is 0 Å². The van der Waals surface area contributed by atoms with Gasteiger partial charge in [-0.15, -0.1) is 4.68 Å². The van der Waals surface area contributed by atoms with E-state index in [2.05, 4.69) is 34.0 Å². The van der Waals surface area contributed by atoms with Gasteiger partial charge in [-0.3, -0.25) is 4.98 Å². The highest BCUT2D eigenvalue weighted by Crippen LogP contribution is 2.10. The summed E-state index contributed by atoms with van der Waals surface area (Å²) in [5, 5.41) is 3.34. The van der Waals surface area contributed by atoms with Gasteiger partial charge in [0.25, 0.3) is 0 Å². The Bertz CT molecular complexity index is 425. The molecule has 0 radical (unpaired) electrons. The number of aromatic nitrogens is 3. The quantitative estimate of drug-likeness (QED) is 0.567. The Hall–Kier alpha value is -1.35. The summed E-state index contributed by atoms with van der Waals surface area (Å²) in [6, 6.07) is 8.03. The first-order chi connectivity index (χ1) is 7.90. The normalized spacial score (nSPS) is 9.94. The molecule has 2 rings (SSSR count). The molecule has 1 N–H and O–H groups in total. The van der Waals surface area contributed by atoms with Crippen LogP contribution in [-0.2, 0) is 6.54 Å². The number of hydrogen-bond donors (Lipinski definition) is 1. The number of pyridine rings is 1. The van der Waals surface area contributed by atoms with Gasteiger partial charge < -0.3 is 12.4 Å². The summed E-state index contributed by atoms with van der Waals surface area (Å²) in [4.78, 5) is 4.31. The molecule has 0 aliphatic carbocycles. The van der Waals surface area contributed by atoms with Gasteiger partial charge in [0.1, 0.15) is 5.69 Å². The van der Waals surface area contributed by atoms with Crippen LogP contribution >= 0.6 is 0 Å². The van der Waals surface area contributed by atoms with Gasteiger partial charge in [0.2, 0.25) is 0 Å². The van der Waals surface area contributed by atoms with Crippen LogP contribution in [0.5, 0.6) is 0 Å². The topological polar surface area (TPSA) is 32.6 Å². The van der Waals surface area contributed by atoms with Crippen LogP contribution < -0.4 is 17.1 Å². The van der Waals surface area contributed by atoms with E-state index in [1.165, 1.54) is 19.3 Å². The van der Waals surface area contributed by atoms with Gasteiger partial charge in [0.05, 0.1) is 5.69 Å². The average Bonchev–Trinajstić information content (AvgIpc) is 2.79. The average molecular weight is 252 g/mol. The maximum Gasteiger partial charge on any atom is 0.196 e. The van der Waals surface area contributed by atoms with E-state index >= 15 is 0 Å². The lowest BCUT2D eigenvalue weighted by Gasteiger charge is -1.93. The molecule has 0 bridgehead atoms. The number of hydrogen-bond acceptors (Lipinski definition) is 1. The fourth-order valence-electron chi connectivity index (χ4n) is 1.72. The molecule has 0 spiro atoms. The largest absolute Gasteiger partial charge is 1.00 e. The van der Waals surface area contributed by atoms with Crippen LogP contribution in [0.25, 0.3) is 11.4 Å². The number of aryl methyl sites for hydroxylation is 1. The number of nitrogens with zero attached hydrogens (tertiary/aromatic N) is 2. The lowest BCUT2D eigenvalue weighted by atomic mass is 10.2. The fourth-order valence-corrected chi connectivity index (χ4v) is 1.72. The molecule has 0 saturated carbocycles. The van der Waals surface area contributed by atoms with Crippen LogP contribution in [0.15, 0.2) is 36.7 Å². The highest BCUT2D eigenvalue weighted by molar-refractivity contribution is 5.51. The zero-order valence-corrected chi connectivity index (χ0v) is 10.8. The van der Waals surface area contributed by atoms with Gasteiger partial charge in [-0.05, 0) is 18.6 Å². The predicted octanol–water partition coefficient (Wildman–Crippen LogP) is -0.442. The first kappa shape index (κ1) is 13.7. The smallest absolute Gasteiger partial charge is 0.196 e. The number of nitrogens with one attached hydrogen (secondary N) is 1. The van der Waals surface area contributed by atoms with Crippen molar-refractivity contribution in [3.63, 3.8) is 0 Å². The van der Waals surface area contributed by atoms with Crippen molar-refractivity contribution in [3.8, 4) is 11.4 Å². The molecule has 17 heavy (non-hydrogen) atoms. The minimum Gasteiger partial charge on any atom is -1.00 e. The Morgan fingerprint density at radius 1 is 1.24 bits per heavy atom. The number of rotatable bonds is 5. The summed E-state index contributed by atoms with van der Waals surface area (Å²) in [6.07, 6.45) is 7.67. The molecule has 0 aromatic carbocycles. The van der Waals surface area contributed by atoms with E-state index in [1.54, 1.807) is 0 Å². The summed E-state index contributed by atoms with van der Waals surface area (Å²) in [5.74, 6) is 0. The summed E-state index contributed by atoms with van der Waals surface area (Å²) in [5.41, 5.74) is 2.08. The fraction of sp³-hybridized carbons (Fsp3) is 0.385. The minimum absolute atomic E-state index is 0. The first-order valence-electron chi connectivity index (χ1n) is 5.90. The molecular formula is C13H18ClN3. The van der Waals surface area contributed by atoms with Crippen molar-refractivity contribution in [1.29, 1.82) is 0 Å². The number of H-pyrrole nitrogens is 1. The van der Waals surface area contributed by atoms with Crippen molar-refractivity contribution < 1.29 is 17.1 Å². The zero-order chi connectivity index (χ0) is 11.2. The van der Waals surface area contributed by atoms with E-state index in [0.717, 1.165) is 17.9 Å². The third-order valence-electron chi connectivity index (χ3n) is 2.63. The molecule has 0 aliphatic rings. The van der Waals surface area contributed by atoms with Crippen LogP contribution in [0.4, 0.5) is 0 Å². The zero-order valence-electron chi connectivity index (χ0n) is 10.1. The van der Waals surface area contributed by atoms with Gasteiger partial charge in [0, 0.05) is 18.7 Å². The van der Waals surface area contributed by atoms with Crippen molar-refractivity contribution in [1.82, 2.24) is 10.1 Å². The van der Waals surface area contributed by atoms with Gasteiger partial charge in [-0.1, -0.05) is 19.4 Å². The van der Waals surface area contributed by atoms with Crippen molar-refractivity contribution in [2.24, 2.45) is 0 Å². The summed E-state index contributed by atoms with van der Waals surface area (Å²) < 4.78 is 2.12. The molecule has 4 heteroatoms. The van der Waals surface area contributed by atoms with Crippen LogP contribution in [0.1, 0.15) is 26.2 Å². The van der Waals surface area contributed by atoms with Gasteiger partial charge in [0.15, 0.2) is 12.7 Å². The molecule has 0 fully saturated rings. The third kappa shape index (κ3) is 3.86. The summed E-state index contributed by atoms with van der Waals surface area (Å²) >= 11 is 0. The monoisotopic (exact) mass is 251 g/mol. The lowest BCUT2D eigenvalue weighted by Crippen LogP contribution is -3.00. The molecule has 92 valence electrons. The Kier molecular flexibility index (Phi) is 5.70. The van der Waals surface area contributed by atoms with E-state index in [0.29, 0.717) is 0 Å². The van der Waals surface area contributed by atoms with E-state index in [1.807, 2.05) is 24.4 Å². The van der Waals surface area contributed by atoms with Crippen molar-refractivity contribution in [2.75, 3.05) is 0 Å². The van der Waals surface area contributed by atoms with E-state index in [4.69, 9.17) is 0 Å². The van der Waals surface area contributed by atoms with Crippen LogP contribution in [0, 0.1) is 0 Å². The Morgan fingerprint density at radius 3 is 2.82 bits per heavy atom. The molecular weight excluding hydrogens is 234 g/mol. The molecule has 3 nitrogen and oxygen atoms in total. The minimum atomic E-state index is 0. The van der Waals surface area contributed by atoms with E-state index in [9.17, 15) is 0 Å². The predicted molar refractivity (Wildman–Crippen MR) is 63.7 cm³/mol. The Balaban J connectivity index is 0.00000144. The third-order valence-corrected chi connectivity index (χ3v) is 2.63. The molecule has 0 atom stereocenters. The highest BCUT2D eigenvalue weighted by atomic mass is 35.5. The molecule has 2 aromatic rings. The molecule has 0 amide bonds. The van der Waals surface area contributed by atoms with E-state index in [-0.39, 0.29) is 12.4 Å². The Morgan fingerprint density at radius 2 is 2.12 bits per heavy atom. The van der Waals surface area contributed by atoms with Crippen LogP contribution in [0.3, 0.4) is 0 Å². The first-order valence-corrected chi connectivity index (χ1v) is 5.90. The number of halogens is 1. The summed E-state index contributed by atoms with van der Waals surface area (Å²) in [7, 11) is 0. The second-order valence-corrected chi connectivity index (χ2v) is 3.96. The second-order valence-electron chi connectivity index (χ2n) is 3.96. The standard InChI is InChI=1S/C13H17N3.ClH/c1-2-3-6-10-16-11-8-13(15-16)12-7-4-5-9-14-12;/h4-5,7-9,11H,2-3,6,10H2,1H3;1H. The van der Waals surface area contributed by atoms with Gasteiger partial charge in [-0.25, -0.2) is 0 Å². The molecule has 2 heterocycles. The van der Waals surface area contributed by atoms with E-state index < -0.39 is 0 Å². The van der Waals surface area contributed by atoms with Crippen molar-refractivity contribution in [3.05, 3.63) is 36.7 Å². The number of unbranched alkanes of at least 4 members (excludes halogenated alkanes) is 2. The molecule has 2 aromatic heterocycles. The van der Waals surface area contributed by atoms with Crippen LogP contribution in [-0.4, -0.2) is 10.1 Å². The summed E-state index contributed by atoms with van der Waals surface area (Å²) in [6.45, 7) is 3.28. The van der Waals surface area contributed by atoms with Crippen molar-refractivity contribution in [2.45, 2.75) is 32.7 Å². The maximum atomic E-state index is 4.31. The lowest BCUT2D eigenvalue weighted by molar-refractivity contribution is -0.749. The highest BCUT2D eigenvalue weighted by Gasteiger charge is 2.07. The maximum absolute atomic E-state index is 4.31.